The number of hydrogen-bond acceptors (Lipinski definition) is 6. The minimum atomic E-state index is -0.940. The summed E-state index contributed by atoms with van der Waals surface area (Å²) in [6.07, 6.45) is -0.127. The van der Waals surface area contributed by atoms with E-state index in [0.717, 1.165) is 0 Å². The van der Waals surface area contributed by atoms with Crippen LogP contribution in [0.4, 0.5) is 5.69 Å². The molecule has 0 bridgehead atoms. The molecule has 0 amide bonds. The molecule has 1 aromatic carbocycles. The molecule has 0 aliphatic rings. The van der Waals surface area contributed by atoms with Crippen LogP contribution in [0.25, 0.3) is 0 Å². The molecule has 0 saturated carbocycles. The molecule has 21 heavy (non-hydrogen) atoms. The second-order valence-electron chi connectivity index (χ2n) is 3.99. The predicted octanol–water partition coefficient (Wildman–Crippen LogP) is 3.62. The first-order chi connectivity index (χ1) is 9.95. The van der Waals surface area contributed by atoms with Crippen LogP contribution in [0.1, 0.15) is 11.3 Å². The zero-order valence-corrected chi connectivity index (χ0v) is 12.9. The third-order valence-electron chi connectivity index (χ3n) is 2.46. The van der Waals surface area contributed by atoms with Crippen molar-refractivity contribution in [3.05, 3.63) is 50.0 Å². The molecule has 0 aliphatic carbocycles. The number of carbonyl (C=O) groups is 1. The highest BCUT2D eigenvalue weighted by Crippen LogP contribution is 2.31. The number of nitrogens with zero attached hydrogens (tertiary/aromatic N) is 2. The molecule has 0 radical (unpaired) electrons. The van der Waals surface area contributed by atoms with E-state index in [2.05, 4.69) is 4.98 Å². The fourth-order valence-electron chi connectivity index (χ4n) is 1.56. The number of hydrogen-bond donors (Lipinski definition) is 1. The molecule has 1 aromatic heterocycles. The summed E-state index contributed by atoms with van der Waals surface area (Å²) in [6.45, 7) is 0. The molecule has 0 fully saturated rings. The lowest BCUT2D eigenvalue weighted by Crippen LogP contribution is -1.99. The monoisotopic (exact) mass is 344 g/mol. The van der Waals surface area contributed by atoms with Crippen LogP contribution in [0.15, 0.2) is 27.9 Å². The SMILES string of the molecule is O=C(O)Cc1csc(SCc2ccc(Cl)cc2[N+](=O)[O-])n1. The summed E-state index contributed by atoms with van der Waals surface area (Å²) in [7, 11) is 0. The number of halogens is 1. The van der Waals surface area contributed by atoms with Crippen LogP contribution >= 0.6 is 34.7 Å². The van der Waals surface area contributed by atoms with Crippen molar-refractivity contribution in [2.75, 3.05) is 0 Å². The quantitative estimate of drug-likeness (QED) is 0.488. The fourth-order valence-corrected chi connectivity index (χ4v) is 3.57. The van der Waals surface area contributed by atoms with Gasteiger partial charge in [0.1, 0.15) is 4.34 Å². The number of carboxylic acids is 1. The summed E-state index contributed by atoms with van der Waals surface area (Å²) in [5.74, 6) is -0.571. The molecule has 110 valence electrons. The molecule has 6 nitrogen and oxygen atoms in total. The average molecular weight is 345 g/mol. The molecule has 0 saturated heterocycles. The van der Waals surface area contributed by atoms with Crippen LogP contribution in [0, 0.1) is 10.1 Å². The lowest BCUT2D eigenvalue weighted by atomic mass is 10.2. The molecular formula is C12H9ClN2O4S2. The Morgan fingerprint density at radius 1 is 1.52 bits per heavy atom. The van der Waals surface area contributed by atoms with Gasteiger partial charge in [-0.1, -0.05) is 23.4 Å². The fraction of sp³-hybridized carbons (Fsp3) is 0.167. The Morgan fingerprint density at radius 2 is 2.29 bits per heavy atom. The smallest absolute Gasteiger partial charge is 0.309 e. The van der Waals surface area contributed by atoms with Crippen molar-refractivity contribution in [2.45, 2.75) is 16.5 Å². The number of aliphatic carboxylic acids is 1. The van der Waals surface area contributed by atoms with Gasteiger partial charge < -0.3 is 5.11 Å². The van der Waals surface area contributed by atoms with Crippen molar-refractivity contribution < 1.29 is 14.8 Å². The third kappa shape index (κ3) is 4.42. The van der Waals surface area contributed by atoms with Gasteiger partial charge in [0.05, 0.1) is 17.0 Å². The van der Waals surface area contributed by atoms with Gasteiger partial charge in [-0.05, 0) is 12.1 Å². The van der Waals surface area contributed by atoms with Crippen LogP contribution in [0.3, 0.4) is 0 Å². The van der Waals surface area contributed by atoms with E-state index in [-0.39, 0.29) is 12.1 Å². The molecule has 0 atom stereocenters. The molecule has 0 unspecified atom stereocenters. The predicted molar refractivity (Wildman–Crippen MR) is 81.1 cm³/mol. The Bertz CT molecular complexity index is 690. The maximum atomic E-state index is 11.0. The molecule has 0 aliphatic heterocycles. The highest BCUT2D eigenvalue weighted by Gasteiger charge is 2.15. The van der Waals surface area contributed by atoms with E-state index >= 15 is 0 Å². The molecule has 1 N–H and O–H groups in total. The summed E-state index contributed by atoms with van der Waals surface area (Å²) in [4.78, 5) is 25.2. The maximum absolute atomic E-state index is 11.0. The number of thiazole rings is 1. The highest BCUT2D eigenvalue weighted by molar-refractivity contribution is 8.00. The highest BCUT2D eigenvalue weighted by atomic mass is 35.5. The number of nitro groups is 1. The number of thioether (sulfide) groups is 1. The van der Waals surface area contributed by atoms with Crippen molar-refractivity contribution in [3.63, 3.8) is 0 Å². The van der Waals surface area contributed by atoms with Gasteiger partial charge in [0.15, 0.2) is 0 Å². The first-order valence-corrected chi connectivity index (χ1v) is 7.92. The Hall–Kier alpha value is -1.64. The third-order valence-corrected chi connectivity index (χ3v) is 4.81. The van der Waals surface area contributed by atoms with E-state index in [1.54, 1.807) is 17.5 Å². The van der Waals surface area contributed by atoms with Crippen LogP contribution in [0.2, 0.25) is 5.02 Å². The van der Waals surface area contributed by atoms with Gasteiger partial charge in [0.25, 0.3) is 5.69 Å². The Morgan fingerprint density at radius 3 is 2.95 bits per heavy atom. The van der Waals surface area contributed by atoms with Crippen molar-refractivity contribution in [3.8, 4) is 0 Å². The van der Waals surface area contributed by atoms with E-state index in [1.807, 2.05) is 0 Å². The lowest BCUT2D eigenvalue weighted by Gasteiger charge is -2.02. The second-order valence-corrected chi connectivity index (χ2v) is 6.51. The zero-order valence-electron chi connectivity index (χ0n) is 10.5. The molecule has 0 spiro atoms. The maximum Gasteiger partial charge on any atom is 0.309 e. The summed E-state index contributed by atoms with van der Waals surface area (Å²) >= 11 is 8.40. The summed E-state index contributed by atoms with van der Waals surface area (Å²) in [5, 5.41) is 21.6. The van der Waals surface area contributed by atoms with E-state index in [9.17, 15) is 14.9 Å². The van der Waals surface area contributed by atoms with Gasteiger partial charge in [0.2, 0.25) is 0 Å². The first-order valence-electron chi connectivity index (χ1n) is 5.67. The van der Waals surface area contributed by atoms with E-state index in [4.69, 9.17) is 16.7 Å². The van der Waals surface area contributed by atoms with Gasteiger partial charge >= 0.3 is 5.97 Å². The van der Waals surface area contributed by atoms with Crippen LogP contribution in [-0.2, 0) is 17.0 Å². The zero-order chi connectivity index (χ0) is 15.4. The van der Waals surface area contributed by atoms with Crippen molar-refractivity contribution >= 4 is 46.4 Å². The topological polar surface area (TPSA) is 93.3 Å². The number of aromatic nitrogens is 1. The largest absolute Gasteiger partial charge is 0.481 e. The van der Waals surface area contributed by atoms with Gasteiger partial charge in [-0.15, -0.1) is 11.3 Å². The molecular weight excluding hydrogens is 336 g/mol. The summed E-state index contributed by atoms with van der Waals surface area (Å²) in [5.41, 5.74) is 1.00. The molecule has 9 heteroatoms. The standard InChI is InChI=1S/C12H9ClN2O4S2/c13-8-2-1-7(10(3-8)15(18)19)5-20-12-14-9(6-21-12)4-11(16)17/h1-3,6H,4-5H2,(H,16,17). The molecule has 2 aromatic rings. The van der Waals surface area contributed by atoms with Gasteiger partial charge in [0, 0.05) is 27.8 Å². The average Bonchev–Trinajstić information content (AvgIpc) is 2.83. The van der Waals surface area contributed by atoms with Gasteiger partial charge in [-0.25, -0.2) is 4.98 Å². The Balaban J connectivity index is 2.08. The van der Waals surface area contributed by atoms with Crippen LogP contribution < -0.4 is 0 Å². The van der Waals surface area contributed by atoms with E-state index < -0.39 is 10.9 Å². The van der Waals surface area contributed by atoms with Crippen molar-refractivity contribution in [1.82, 2.24) is 4.98 Å². The Labute approximate surface area is 132 Å². The molecule has 1 heterocycles. The summed E-state index contributed by atoms with van der Waals surface area (Å²) in [6, 6.07) is 4.52. The first kappa shape index (κ1) is 15.7. The van der Waals surface area contributed by atoms with E-state index in [0.29, 0.717) is 26.4 Å². The number of carboxylic acid groups (broad SMARTS) is 1. The number of rotatable bonds is 6. The summed E-state index contributed by atoms with van der Waals surface area (Å²) < 4.78 is 0.676. The normalized spacial score (nSPS) is 10.5. The van der Waals surface area contributed by atoms with Crippen LogP contribution in [0.5, 0.6) is 0 Å². The van der Waals surface area contributed by atoms with E-state index in [1.165, 1.54) is 29.2 Å². The van der Waals surface area contributed by atoms with Crippen LogP contribution in [-0.4, -0.2) is 21.0 Å². The minimum Gasteiger partial charge on any atom is -0.481 e. The number of nitro benzene ring substituents is 1. The second kappa shape index (κ2) is 6.88. The lowest BCUT2D eigenvalue weighted by molar-refractivity contribution is -0.385. The van der Waals surface area contributed by atoms with Crippen molar-refractivity contribution in [2.24, 2.45) is 0 Å². The number of benzene rings is 1. The Kier molecular flexibility index (Phi) is 5.16. The van der Waals surface area contributed by atoms with Gasteiger partial charge in [-0.2, -0.15) is 0 Å². The van der Waals surface area contributed by atoms with Gasteiger partial charge in [-0.3, -0.25) is 14.9 Å². The minimum absolute atomic E-state index is 0.0303. The van der Waals surface area contributed by atoms with Crippen molar-refractivity contribution in [1.29, 1.82) is 0 Å². The molecule has 2 rings (SSSR count).